The van der Waals surface area contributed by atoms with Crippen LogP contribution in [0.1, 0.15) is 30.2 Å². The molecule has 28 heavy (non-hydrogen) atoms. The molecule has 3 heterocycles. The number of carbonyl (C=O) groups excluding carboxylic acids is 1. The van der Waals surface area contributed by atoms with E-state index >= 15 is 0 Å². The molecule has 152 valence electrons. The fourth-order valence-electron chi connectivity index (χ4n) is 3.10. The minimum Gasteiger partial charge on any atom is -0.464 e. The third kappa shape index (κ3) is 5.02. The topological polar surface area (TPSA) is 88.9 Å². The average Bonchev–Trinajstić information content (AvgIpc) is 3.19. The fraction of sp³-hybridized carbons (Fsp3) is 0.500. The van der Waals surface area contributed by atoms with Crippen molar-refractivity contribution < 1.29 is 18.7 Å². The Morgan fingerprint density at radius 3 is 2.71 bits per heavy atom. The highest BCUT2D eigenvalue weighted by atomic mass is 16.5. The SMILES string of the molecule is CCc1ccc(C(COC)NC(=O)Nc2ccc(N3CCOCC3)nc2C)o1. The summed E-state index contributed by atoms with van der Waals surface area (Å²) in [6.45, 7) is 7.27. The van der Waals surface area contributed by atoms with Crippen LogP contribution < -0.4 is 15.5 Å². The van der Waals surface area contributed by atoms with Crippen molar-refractivity contribution in [3.05, 3.63) is 41.5 Å². The molecule has 2 N–H and O–H groups in total. The van der Waals surface area contributed by atoms with E-state index in [1.54, 1.807) is 7.11 Å². The van der Waals surface area contributed by atoms with E-state index in [2.05, 4.69) is 20.5 Å². The largest absolute Gasteiger partial charge is 0.464 e. The summed E-state index contributed by atoms with van der Waals surface area (Å²) < 4.78 is 16.4. The van der Waals surface area contributed by atoms with Gasteiger partial charge in [0.25, 0.3) is 0 Å². The monoisotopic (exact) mass is 388 g/mol. The third-order valence-corrected chi connectivity index (χ3v) is 4.67. The maximum absolute atomic E-state index is 12.5. The number of aromatic nitrogens is 1. The second kappa shape index (κ2) is 9.57. The molecule has 0 radical (unpaired) electrons. The van der Waals surface area contributed by atoms with Crippen molar-refractivity contribution >= 4 is 17.5 Å². The molecule has 1 unspecified atom stereocenters. The number of aryl methyl sites for hydroxylation is 2. The van der Waals surface area contributed by atoms with Gasteiger partial charge >= 0.3 is 6.03 Å². The van der Waals surface area contributed by atoms with Gasteiger partial charge in [-0.3, -0.25) is 0 Å². The van der Waals surface area contributed by atoms with E-state index in [4.69, 9.17) is 13.9 Å². The lowest BCUT2D eigenvalue weighted by Crippen LogP contribution is -2.37. The van der Waals surface area contributed by atoms with Crippen molar-refractivity contribution in [3.8, 4) is 0 Å². The van der Waals surface area contributed by atoms with Gasteiger partial charge in [0.15, 0.2) is 0 Å². The summed E-state index contributed by atoms with van der Waals surface area (Å²) >= 11 is 0. The number of anilines is 2. The Morgan fingerprint density at radius 1 is 1.29 bits per heavy atom. The van der Waals surface area contributed by atoms with Crippen LogP contribution in [0.15, 0.2) is 28.7 Å². The van der Waals surface area contributed by atoms with Crippen LogP contribution in [0.3, 0.4) is 0 Å². The van der Waals surface area contributed by atoms with Gasteiger partial charge in [0, 0.05) is 26.6 Å². The molecular formula is C20H28N4O4. The number of furan rings is 1. The van der Waals surface area contributed by atoms with E-state index in [1.807, 2.05) is 38.1 Å². The molecule has 1 aliphatic rings. The molecule has 0 bridgehead atoms. The van der Waals surface area contributed by atoms with E-state index in [-0.39, 0.29) is 12.1 Å². The first-order valence-corrected chi connectivity index (χ1v) is 9.56. The molecule has 1 atom stereocenters. The minimum absolute atomic E-state index is 0.317. The minimum atomic E-state index is -0.369. The molecule has 2 aromatic rings. The van der Waals surface area contributed by atoms with Crippen LogP contribution in [0, 0.1) is 6.92 Å². The number of hydrogen-bond acceptors (Lipinski definition) is 6. The fourth-order valence-corrected chi connectivity index (χ4v) is 3.10. The van der Waals surface area contributed by atoms with Gasteiger partial charge in [-0.25, -0.2) is 9.78 Å². The Kier molecular flexibility index (Phi) is 6.89. The molecule has 2 aromatic heterocycles. The van der Waals surface area contributed by atoms with Crippen molar-refractivity contribution in [2.75, 3.05) is 50.2 Å². The lowest BCUT2D eigenvalue weighted by atomic mass is 10.2. The summed E-state index contributed by atoms with van der Waals surface area (Å²) in [5.41, 5.74) is 1.42. The molecular weight excluding hydrogens is 360 g/mol. The molecule has 1 fully saturated rings. The Balaban J connectivity index is 1.64. The lowest BCUT2D eigenvalue weighted by Gasteiger charge is -2.28. The summed E-state index contributed by atoms with van der Waals surface area (Å²) in [5.74, 6) is 2.44. The highest BCUT2D eigenvalue weighted by molar-refractivity contribution is 5.90. The normalized spacial score (nSPS) is 15.3. The maximum Gasteiger partial charge on any atom is 0.319 e. The smallest absolute Gasteiger partial charge is 0.319 e. The van der Waals surface area contributed by atoms with Crippen LogP contribution >= 0.6 is 0 Å². The van der Waals surface area contributed by atoms with E-state index in [0.717, 1.165) is 36.8 Å². The Bertz CT molecular complexity index is 786. The quantitative estimate of drug-likeness (QED) is 0.758. The standard InChI is InChI=1S/C20H28N4O4/c1-4-15-5-7-18(28-15)17(13-26-3)23-20(25)22-16-6-8-19(21-14(16)2)24-9-11-27-12-10-24/h5-8,17H,4,9-13H2,1-3H3,(H2,22,23,25). The van der Waals surface area contributed by atoms with Crippen molar-refractivity contribution in [2.45, 2.75) is 26.3 Å². The number of pyridine rings is 1. The number of carbonyl (C=O) groups is 1. The van der Waals surface area contributed by atoms with Crippen LogP contribution in [0.2, 0.25) is 0 Å². The van der Waals surface area contributed by atoms with Crippen LogP contribution in [-0.4, -0.2) is 51.0 Å². The van der Waals surface area contributed by atoms with Gasteiger partial charge < -0.3 is 29.4 Å². The molecule has 8 heteroatoms. The predicted molar refractivity (Wildman–Crippen MR) is 107 cm³/mol. The molecule has 0 saturated carbocycles. The van der Waals surface area contributed by atoms with Gasteiger partial charge in [-0.1, -0.05) is 6.92 Å². The average molecular weight is 388 g/mol. The molecule has 3 rings (SSSR count). The molecule has 0 aromatic carbocycles. The second-order valence-electron chi connectivity index (χ2n) is 6.67. The highest BCUT2D eigenvalue weighted by Crippen LogP contribution is 2.21. The Labute approximate surface area is 165 Å². The molecule has 0 spiro atoms. The first kappa shape index (κ1) is 20.2. The summed E-state index contributed by atoms with van der Waals surface area (Å²) in [4.78, 5) is 19.3. The van der Waals surface area contributed by atoms with E-state index < -0.39 is 0 Å². The number of amides is 2. The van der Waals surface area contributed by atoms with Crippen LogP contribution in [0.25, 0.3) is 0 Å². The van der Waals surface area contributed by atoms with E-state index in [1.165, 1.54) is 0 Å². The summed E-state index contributed by atoms with van der Waals surface area (Å²) in [6.07, 6.45) is 0.798. The number of rotatable bonds is 7. The Morgan fingerprint density at radius 2 is 2.07 bits per heavy atom. The lowest BCUT2D eigenvalue weighted by molar-refractivity contribution is 0.122. The van der Waals surface area contributed by atoms with Crippen molar-refractivity contribution in [2.24, 2.45) is 0 Å². The van der Waals surface area contributed by atoms with Crippen LogP contribution in [0.5, 0.6) is 0 Å². The van der Waals surface area contributed by atoms with Gasteiger partial charge in [0.1, 0.15) is 23.4 Å². The summed E-state index contributed by atoms with van der Waals surface area (Å²) in [5, 5.41) is 5.77. The van der Waals surface area contributed by atoms with Crippen molar-refractivity contribution in [1.29, 1.82) is 0 Å². The zero-order chi connectivity index (χ0) is 19.9. The van der Waals surface area contributed by atoms with Gasteiger partial charge in [0.2, 0.25) is 0 Å². The Hall–Kier alpha value is -2.58. The molecule has 8 nitrogen and oxygen atoms in total. The maximum atomic E-state index is 12.5. The van der Waals surface area contributed by atoms with Crippen molar-refractivity contribution in [1.82, 2.24) is 10.3 Å². The number of methoxy groups -OCH3 is 1. The zero-order valence-corrected chi connectivity index (χ0v) is 16.7. The number of morpholine rings is 1. The van der Waals surface area contributed by atoms with Gasteiger partial charge in [0.05, 0.1) is 31.2 Å². The highest BCUT2D eigenvalue weighted by Gasteiger charge is 2.19. The van der Waals surface area contributed by atoms with Gasteiger partial charge in [-0.2, -0.15) is 0 Å². The predicted octanol–water partition coefficient (Wildman–Crippen LogP) is 2.89. The van der Waals surface area contributed by atoms with Crippen LogP contribution in [-0.2, 0) is 15.9 Å². The van der Waals surface area contributed by atoms with Gasteiger partial charge in [-0.05, 0) is 31.2 Å². The zero-order valence-electron chi connectivity index (χ0n) is 16.7. The molecule has 0 aliphatic carbocycles. The first-order valence-electron chi connectivity index (χ1n) is 9.56. The molecule has 2 amide bonds. The second-order valence-corrected chi connectivity index (χ2v) is 6.67. The summed E-state index contributed by atoms with van der Waals surface area (Å²) in [6, 6.07) is 6.87. The van der Waals surface area contributed by atoms with E-state index in [9.17, 15) is 4.79 Å². The number of nitrogens with one attached hydrogen (secondary N) is 2. The molecule has 1 saturated heterocycles. The van der Waals surface area contributed by atoms with Crippen molar-refractivity contribution in [3.63, 3.8) is 0 Å². The number of ether oxygens (including phenoxy) is 2. The first-order chi connectivity index (χ1) is 13.6. The number of hydrogen-bond donors (Lipinski definition) is 2. The third-order valence-electron chi connectivity index (χ3n) is 4.67. The van der Waals surface area contributed by atoms with E-state index in [0.29, 0.717) is 31.3 Å². The van der Waals surface area contributed by atoms with Crippen LogP contribution in [0.4, 0.5) is 16.3 Å². The number of urea groups is 1. The molecule has 1 aliphatic heterocycles. The summed E-state index contributed by atoms with van der Waals surface area (Å²) in [7, 11) is 1.59. The number of nitrogens with zero attached hydrogens (tertiary/aromatic N) is 2. The van der Waals surface area contributed by atoms with Gasteiger partial charge in [-0.15, -0.1) is 0 Å².